The molecule has 1 aliphatic heterocycles. The number of hydrogen-bond donors (Lipinski definition) is 0. The fourth-order valence-corrected chi connectivity index (χ4v) is 3.76. The molecule has 0 amide bonds. The Hall–Kier alpha value is -0.410. The normalized spacial score (nSPS) is 29.9. The third kappa shape index (κ3) is 4.28. The van der Waals surface area contributed by atoms with E-state index in [0.717, 1.165) is 25.8 Å². The van der Waals surface area contributed by atoms with Crippen LogP contribution in [0.25, 0.3) is 0 Å². The smallest absolute Gasteiger partial charge is 0.137 e. The van der Waals surface area contributed by atoms with Gasteiger partial charge >= 0.3 is 0 Å². The first-order valence-electron chi connectivity index (χ1n) is 8.10. The molecule has 2 unspecified atom stereocenters. The minimum Gasteiger partial charge on any atom is -0.309 e. The van der Waals surface area contributed by atoms with Gasteiger partial charge in [-0.1, -0.05) is 12.8 Å². The highest BCUT2D eigenvalue weighted by Gasteiger charge is 2.34. The summed E-state index contributed by atoms with van der Waals surface area (Å²) in [4.78, 5) is 17.1. The Morgan fingerprint density at radius 1 is 1.16 bits per heavy atom. The molecule has 0 radical (unpaired) electrons. The van der Waals surface area contributed by atoms with E-state index in [2.05, 4.69) is 23.9 Å². The number of nitrogens with zero attached hydrogens (tertiary/aromatic N) is 2. The molecule has 0 aromatic rings. The summed E-state index contributed by atoms with van der Waals surface area (Å²) in [7, 11) is 4.27. The fourth-order valence-electron chi connectivity index (χ4n) is 3.76. The highest BCUT2D eigenvalue weighted by atomic mass is 16.1. The van der Waals surface area contributed by atoms with E-state index in [1.807, 2.05) is 0 Å². The molecule has 2 aliphatic rings. The lowest BCUT2D eigenvalue weighted by Crippen LogP contribution is -2.48. The Morgan fingerprint density at radius 2 is 1.95 bits per heavy atom. The van der Waals surface area contributed by atoms with E-state index in [9.17, 15) is 4.79 Å². The molecule has 1 saturated carbocycles. The summed E-state index contributed by atoms with van der Waals surface area (Å²) in [6.07, 6.45) is 9.49. The van der Waals surface area contributed by atoms with E-state index in [4.69, 9.17) is 0 Å². The predicted octanol–water partition coefficient (Wildman–Crippen LogP) is 2.55. The van der Waals surface area contributed by atoms with Crippen molar-refractivity contribution in [3.05, 3.63) is 0 Å². The Morgan fingerprint density at radius 3 is 2.68 bits per heavy atom. The second-order valence-electron chi connectivity index (χ2n) is 6.57. The van der Waals surface area contributed by atoms with E-state index in [0.29, 0.717) is 17.7 Å². The van der Waals surface area contributed by atoms with Gasteiger partial charge in [-0.3, -0.25) is 9.69 Å². The zero-order chi connectivity index (χ0) is 13.7. The van der Waals surface area contributed by atoms with Crippen LogP contribution in [-0.4, -0.2) is 55.4 Å². The van der Waals surface area contributed by atoms with Crippen LogP contribution in [0.2, 0.25) is 0 Å². The molecular weight excluding hydrogens is 236 g/mol. The van der Waals surface area contributed by atoms with Crippen molar-refractivity contribution < 1.29 is 4.79 Å². The van der Waals surface area contributed by atoms with Crippen molar-refractivity contribution in [1.29, 1.82) is 0 Å². The molecular formula is C16H30N2O. The number of rotatable bonds is 5. The number of hydrogen-bond acceptors (Lipinski definition) is 3. The lowest BCUT2D eigenvalue weighted by atomic mass is 9.79. The molecule has 110 valence electrons. The average Bonchev–Trinajstić information content (AvgIpc) is 2.40. The van der Waals surface area contributed by atoms with Crippen molar-refractivity contribution in [1.82, 2.24) is 9.80 Å². The van der Waals surface area contributed by atoms with Gasteiger partial charge in [-0.15, -0.1) is 0 Å². The fraction of sp³-hybridized carbons (Fsp3) is 0.938. The van der Waals surface area contributed by atoms with E-state index >= 15 is 0 Å². The summed E-state index contributed by atoms with van der Waals surface area (Å²) in [5, 5.41) is 0. The number of carbonyl (C=O) groups is 1. The van der Waals surface area contributed by atoms with Gasteiger partial charge < -0.3 is 4.90 Å². The van der Waals surface area contributed by atoms with Crippen molar-refractivity contribution in [2.24, 2.45) is 5.92 Å². The number of Topliss-reactive ketones (excluding diaryl/α,β-unsaturated/α-hetero) is 1. The second-order valence-corrected chi connectivity index (χ2v) is 6.57. The van der Waals surface area contributed by atoms with Gasteiger partial charge in [0, 0.05) is 18.4 Å². The highest BCUT2D eigenvalue weighted by molar-refractivity contribution is 5.82. The third-order valence-corrected chi connectivity index (χ3v) is 4.78. The topological polar surface area (TPSA) is 23.6 Å². The summed E-state index contributed by atoms with van der Waals surface area (Å²) in [6, 6.07) is 0.559. The maximum atomic E-state index is 12.2. The van der Waals surface area contributed by atoms with Gasteiger partial charge in [0.2, 0.25) is 0 Å². The van der Waals surface area contributed by atoms with Crippen LogP contribution in [0.15, 0.2) is 0 Å². The molecule has 0 aromatic carbocycles. The summed E-state index contributed by atoms with van der Waals surface area (Å²) < 4.78 is 0. The lowest BCUT2D eigenvalue weighted by molar-refractivity contribution is -0.127. The molecule has 3 nitrogen and oxygen atoms in total. The minimum absolute atomic E-state index is 0.355. The van der Waals surface area contributed by atoms with Crippen molar-refractivity contribution in [2.75, 3.05) is 33.7 Å². The van der Waals surface area contributed by atoms with E-state index in [1.54, 1.807) is 0 Å². The van der Waals surface area contributed by atoms with Gasteiger partial charge in [-0.05, 0) is 65.8 Å². The zero-order valence-corrected chi connectivity index (χ0v) is 12.7. The van der Waals surface area contributed by atoms with Gasteiger partial charge in [0.05, 0.1) is 0 Å². The molecule has 1 aliphatic carbocycles. The molecule has 2 rings (SSSR count). The van der Waals surface area contributed by atoms with Crippen LogP contribution >= 0.6 is 0 Å². The number of piperidine rings is 1. The van der Waals surface area contributed by atoms with Gasteiger partial charge in [0.25, 0.3) is 0 Å². The first-order chi connectivity index (χ1) is 9.18. The van der Waals surface area contributed by atoms with Crippen molar-refractivity contribution >= 4 is 5.78 Å². The molecule has 0 aromatic heterocycles. The van der Waals surface area contributed by atoms with Gasteiger partial charge in [-0.25, -0.2) is 0 Å². The molecule has 3 heteroatoms. The van der Waals surface area contributed by atoms with E-state index in [-0.39, 0.29) is 0 Å². The summed E-state index contributed by atoms with van der Waals surface area (Å²) >= 11 is 0. The molecule has 19 heavy (non-hydrogen) atoms. The van der Waals surface area contributed by atoms with Crippen molar-refractivity contribution in [3.63, 3.8) is 0 Å². The van der Waals surface area contributed by atoms with Crippen LogP contribution in [0.3, 0.4) is 0 Å². The Kier molecular flexibility index (Phi) is 5.83. The second kappa shape index (κ2) is 7.39. The zero-order valence-electron chi connectivity index (χ0n) is 12.7. The molecule has 0 N–H and O–H groups in total. The Bertz CT molecular complexity index is 290. The lowest BCUT2D eigenvalue weighted by Gasteiger charge is -2.41. The standard InChI is InChI=1S/C16H30N2O/c1-17(2)11-7-13-18-12-6-5-9-15(18)14-8-3-4-10-16(14)19/h14-15H,3-13H2,1-2H3. The monoisotopic (exact) mass is 266 g/mol. The largest absolute Gasteiger partial charge is 0.309 e. The highest BCUT2D eigenvalue weighted by Crippen LogP contribution is 2.31. The SMILES string of the molecule is CN(C)CCCN1CCCCC1C1CCCCC1=O. The molecule has 1 saturated heterocycles. The summed E-state index contributed by atoms with van der Waals surface area (Å²) in [5.74, 6) is 0.907. The van der Waals surface area contributed by atoms with Crippen LogP contribution in [0.5, 0.6) is 0 Å². The van der Waals surface area contributed by atoms with Gasteiger partial charge in [0.15, 0.2) is 0 Å². The molecule has 0 spiro atoms. The van der Waals surface area contributed by atoms with Crippen molar-refractivity contribution in [2.45, 2.75) is 57.4 Å². The molecule has 2 fully saturated rings. The molecule has 1 heterocycles. The van der Waals surface area contributed by atoms with Crippen LogP contribution in [0, 0.1) is 5.92 Å². The van der Waals surface area contributed by atoms with Crippen LogP contribution in [0.4, 0.5) is 0 Å². The Balaban J connectivity index is 1.89. The van der Waals surface area contributed by atoms with Gasteiger partial charge in [0.1, 0.15) is 5.78 Å². The van der Waals surface area contributed by atoms with Gasteiger partial charge in [-0.2, -0.15) is 0 Å². The number of likely N-dealkylation sites (tertiary alicyclic amines) is 1. The van der Waals surface area contributed by atoms with Crippen LogP contribution < -0.4 is 0 Å². The number of carbonyl (C=O) groups excluding carboxylic acids is 1. The molecule has 0 bridgehead atoms. The van der Waals surface area contributed by atoms with E-state index in [1.165, 1.54) is 45.2 Å². The summed E-state index contributed by atoms with van der Waals surface area (Å²) in [5.41, 5.74) is 0. The Labute approximate surface area is 118 Å². The van der Waals surface area contributed by atoms with Crippen molar-refractivity contribution in [3.8, 4) is 0 Å². The van der Waals surface area contributed by atoms with E-state index < -0.39 is 0 Å². The third-order valence-electron chi connectivity index (χ3n) is 4.78. The maximum Gasteiger partial charge on any atom is 0.137 e. The summed E-state index contributed by atoms with van der Waals surface area (Å²) in [6.45, 7) is 3.54. The predicted molar refractivity (Wildman–Crippen MR) is 79.3 cm³/mol. The maximum absolute atomic E-state index is 12.2. The number of ketones is 1. The van der Waals surface area contributed by atoms with Crippen LogP contribution in [-0.2, 0) is 4.79 Å². The quantitative estimate of drug-likeness (QED) is 0.764. The minimum atomic E-state index is 0.355. The van der Waals surface area contributed by atoms with Crippen LogP contribution in [0.1, 0.15) is 51.4 Å². The molecule has 2 atom stereocenters. The average molecular weight is 266 g/mol. The first-order valence-corrected chi connectivity index (χ1v) is 8.10. The first kappa shape index (κ1) is 15.0.